The number of carbonyl (C=O) groups is 1. The minimum Gasteiger partial charge on any atom is -0.444 e. The van der Waals surface area contributed by atoms with Crippen LogP contribution in [0.1, 0.15) is 40.7 Å². The third-order valence-electron chi connectivity index (χ3n) is 3.18. The molecule has 118 valence electrons. The van der Waals surface area contributed by atoms with Gasteiger partial charge in [0.05, 0.1) is 6.04 Å². The summed E-state index contributed by atoms with van der Waals surface area (Å²) >= 11 is 0. The van der Waals surface area contributed by atoms with Crippen LogP contribution in [-0.2, 0) is 4.74 Å². The number of anilines is 1. The Morgan fingerprint density at radius 1 is 1.19 bits per heavy atom. The molecule has 0 spiro atoms. The van der Waals surface area contributed by atoms with Crippen molar-refractivity contribution in [3.63, 3.8) is 0 Å². The van der Waals surface area contributed by atoms with Gasteiger partial charge in [-0.25, -0.2) is 9.48 Å². The first kappa shape index (κ1) is 15.5. The Morgan fingerprint density at radius 3 is 2.33 bits per heavy atom. The van der Waals surface area contributed by atoms with Gasteiger partial charge in [0.2, 0.25) is 5.95 Å². The summed E-state index contributed by atoms with van der Waals surface area (Å²) in [5.74, 6) is 0.758. The van der Waals surface area contributed by atoms with E-state index in [1.165, 1.54) is 0 Å². The third kappa shape index (κ3) is 3.83. The van der Waals surface area contributed by atoms with Crippen molar-refractivity contribution in [2.75, 3.05) is 31.1 Å². The minimum atomic E-state index is -0.462. The van der Waals surface area contributed by atoms with Crippen LogP contribution in [0.3, 0.4) is 0 Å². The highest BCUT2D eigenvalue weighted by atomic mass is 16.6. The van der Waals surface area contributed by atoms with Crippen molar-refractivity contribution in [1.82, 2.24) is 25.1 Å². The van der Waals surface area contributed by atoms with Crippen LogP contribution in [0.5, 0.6) is 0 Å². The van der Waals surface area contributed by atoms with Crippen LogP contribution in [0.2, 0.25) is 0 Å². The fraction of sp³-hybridized carbons (Fsp3) is 0.846. The highest BCUT2D eigenvalue weighted by molar-refractivity contribution is 5.68. The van der Waals surface area contributed by atoms with Gasteiger partial charge in [0, 0.05) is 26.2 Å². The molecule has 1 aromatic heterocycles. The number of hydrogen-bond acceptors (Lipinski definition) is 6. The molecule has 0 bridgehead atoms. The number of tetrazole rings is 1. The molecule has 0 aliphatic carbocycles. The summed E-state index contributed by atoms with van der Waals surface area (Å²) in [4.78, 5) is 15.8. The average molecular weight is 296 g/mol. The summed E-state index contributed by atoms with van der Waals surface area (Å²) in [5, 5.41) is 11.8. The Morgan fingerprint density at radius 2 is 1.81 bits per heavy atom. The molecule has 0 radical (unpaired) electrons. The molecule has 0 unspecified atom stereocenters. The van der Waals surface area contributed by atoms with E-state index in [2.05, 4.69) is 20.4 Å². The molecular formula is C13H24N6O2. The van der Waals surface area contributed by atoms with Gasteiger partial charge in [0.1, 0.15) is 5.60 Å². The van der Waals surface area contributed by atoms with Crippen molar-refractivity contribution in [1.29, 1.82) is 0 Å². The fourth-order valence-corrected chi connectivity index (χ4v) is 2.15. The molecule has 2 rings (SSSR count). The molecule has 1 aromatic rings. The lowest BCUT2D eigenvalue weighted by atomic mass is 10.2. The number of piperazine rings is 1. The number of ether oxygens (including phenoxy) is 1. The lowest BCUT2D eigenvalue weighted by molar-refractivity contribution is 0.0240. The van der Waals surface area contributed by atoms with Crippen molar-refractivity contribution < 1.29 is 9.53 Å². The lowest BCUT2D eigenvalue weighted by Gasteiger charge is -2.35. The predicted octanol–water partition coefficient (Wildman–Crippen LogP) is 1.31. The average Bonchev–Trinajstić information content (AvgIpc) is 2.86. The third-order valence-corrected chi connectivity index (χ3v) is 3.18. The SMILES string of the molecule is CC(C)n1nnnc1N1CCN(C(=O)OC(C)(C)C)CC1. The molecule has 8 nitrogen and oxygen atoms in total. The van der Waals surface area contributed by atoms with E-state index >= 15 is 0 Å². The quantitative estimate of drug-likeness (QED) is 0.819. The van der Waals surface area contributed by atoms with Crippen LogP contribution < -0.4 is 4.90 Å². The maximum atomic E-state index is 12.0. The van der Waals surface area contributed by atoms with Crippen molar-refractivity contribution in [2.24, 2.45) is 0 Å². The normalized spacial score (nSPS) is 16.5. The van der Waals surface area contributed by atoms with E-state index in [1.54, 1.807) is 9.58 Å². The molecular weight excluding hydrogens is 272 g/mol. The van der Waals surface area contributed by atoms with E-state index in [9.17, 15) is 4.79 Å². The zero-order valence-electron chi connectivity index (χ0n) is 13.4. The van der Waals surface area contributed by atoms with E-state index < -0.39 is 5.60 Å². The molecule has 0 aromatic carbocycles. The molecule has 0 saturated carbocycles. The van der Waals surface area contributed by atoms with Gasteiger partial charge in [-0.15, -0.1) is 0 Å². The molecule has 1 aliphatic rings. The smallest absolute Gasteiger partial charge is 0.410 e. The zero-order chi connectivity index (χ0) is 15.6. The molecule has 21 heavy (non-hydrogen) atoms. The van der Waals surface area contributed by atoms with Crippen LogP contribution in [0.4, 0.5) is 10.7 Å². The number of hydrogen-bond donors (Lipinski definition) is 0. The Balaban J connectivity index is 1.94. The number of rotatable bonds is 2. The molecule has 1 aliphatic heterocycles. The van der Waals surface area contributed by atoms with Crippen LogP contribution in [-0.4, -0.2) is 63.0 Å². The van der Waals surface area contributed by atoms with Crippen molar-refractivity contribution in [3.8, 4) is 0 Å². The molecule has 0 atom stereocenters. The van der Waals surface area contributed by atoms with Gasteiger partial charge in [0.15, 0.2) is 0 Å². The zero-order valence-corrected chi connectivity index (χ0v) is 13.4. The van der Waals surface area contributed by atoms with Gasteiger partial charge in [-0.3, -0.25) is 0 Å². The highest BCUT2D eigenvalue weighted by Crippen LogP contribution is 2.17. The first-order chi connectivity index (χ1) is 9.78. The molecule has 0 N–H and O–H groups in total. The first-order valence-corrected chi connectivity index (χ1v) is 7.28. The van der Waals surface area contributed by atoms with Gasteiger partial charge in [-0.2, -0.15) is 0 Å². The highest BCUT2D eigenvalue weighted by Gasteiger charge is 2.28. The van der Waals surface area contributed by atoms with Crippen molar-refractivity contribution in [3.05, 3.63) is 0 Å². The largest absolute Gasteiger partial charge is 0.444 e. The van der Waals surface area contributed by atoms with Crippen molar-refractivity contribution in [2.45, 2.75) is 46.3 Å². The van der Waals surface area contributed by atoms with Gasteiger partial charge >= 0.3 is 6.09 Å². The molecule has 1 amide bonds. The van der Waals surface area contributed by atoms with Crippen molar-refractivity contribution >= 4 is 12.0 Å². The van der Waals surface area contributed by atoms with Gasteiger partial charge < -0.3 is 14.5 Å². The lowest BCUT2D eigenvalue weighted by Crippen LogP contribution is -2.50. The van der Waals surface area contributed by atoms with Crippen LogP contribution >= 0.6 is 0 Å². The molecule has 1 saturated heterocycles. The van der Waals surface area contributed by atoms with Crippen LogP contribution in [0.25, 0.3) is 0 Å². The Hall–Kier alpha value is -1.86. The summed E-state index contributed by atoms with van der Waals surface area (Å²) in [6.07, 6.45) is -0.259. The molecule has 2 heterocycles. The maximum Gasteiger partial charge on any atom is 0.410 e. The number of aromatic nitrogens is 4. The summed E-state index contributed by atoms with van der Waals surface area (Å²) in [6.45, 7) is 12.3. The van der Waals surface area contributed by atoms with Gasteiger partial charge in [0.25, 0.3) is 0 Å². The first-order valence-electron chi connectivity index (χ1n) is 7.28. The van der Waals surface area contributed by atoms with E-state index in [4.69, 9.17) is 4.74 Å². The van der Waals surface area contributed by atoms with Gasteiger partial charge in [-0.1, -0.05) is 5.10 Å². The predicted molar refractivity (Wildman–Crippen MR) is 78.2 cm³/mol. The fourth-order valence-electron chi connectivity index (χ4n) is 2.15. The van der Waals surface area contributed by atoms with E-state index in [0.717, 1.165) is 5.95 Å². The molecule has 1 fully saturated rings. The minimum absolute atomic E-state index is 0.207. The monoisotopic (exact) mass is 296 g/mol. The van der Waals surface area contributed by atoms with E-state index in [-0.39, 0.29) is 12.1 Å². The summed E-state index contributed by atoms with van der Waals surface area (Å²) in [6, 6.07) is 0.207. The van der Waals surface area contributed by atoms with E-state index in [0.29, 0.717) is 26.2 Å². The Kier molecular flexibility index (Phi) is 4.34. The molecule has 8 heteroatoms. The van der Waals surface area contributed by atoms with E-state index in [1.807, 2.05) is 34.6 Å². The summed E-state index contributed by atoms with van der Waals surface area (Å²) < 4.78 is 7.18. The summed E-state index contributed by atoms with van der Waals surface area (Å²) in [7, 11) is 0. The second-order valence-electron chi connectivity index (χ2n) is 6.47. The standard InChI is InChI=1S/C13H24N6O2/c1-10(2)19-11(14-15-16-19)17-6-8-18(9-7-17)12(20)21-13(3,4)5/h10H,6-9H2,1-5H3. The van der Waals surface area contributed by atoms with Gasteiger partial charge in [-0.05, 0) is 45.0 Å². The van der Waals surface area contributed by atoms with Crippen LogP contribution in [0.15, 0.2) is 0 Å². The number of nitrogens with zero attached hydrogens (tertiary/aromatic N) is 6. The Bertz CT molecular complexity index is 485. The Labute approximate surface area is 125 Å². The maximum absolute atomic E-state index is 12.0. The summed E-state index contributed by atoms with van der Waals surface area (Å²) in [5.41, 5.74) is -0.462. The second kappa shape index (κ2) is 5.87. The number of carbonyl (C=O) groups excluding carboxylic acids is 1. The number of amides is 1. The van der Waals surface area contributed by atoms with Crippen LogP contribution in [0, 0.1) is 0 Å². The second-order valence-corrected chi connectivity index (χ2v) is 6.47. The topological polar surface area (TPSA) is 76.4 Å².